The number of rotatable bonds is 28. The monoisotopic (exact) mass is 555 g/mol. The van der Waals surface area contributed by atoms with Crippen LogP contribution in [0.25, 0.3) is 0 Å². The van der Waals surface area contributed by atoms with E-state index in [0.717, 1.165) is 32.4 Å². The van der Waals surface area contributed by atoms with Crippen LogP contribution in [0.1, 0.15) is 109 Å². The molecule has 0 saturated heterocycles. The highest BCUT2D eigenvalue weighted by atomic mass is 31.2. The third-order valence-electron chi connectivity index (χ3n) is 6.50. The maximum atomic E-state index is 10.8. The average molecular weight is 556 g/mol. The molecule has 38 heavy (non-hydrogen) atoms. The Bertz CT molecular complexity index is 648. The van der Waals surface area contributed by atoms with Gasteiger partial charge in [0.2, 0.25) is 0 Å². The molecule has 2 N–H and O–H groups in total. The summed E-state index contributed by atoms with van der Waals surface area (Å²) in [5.41, 5.74) is 1.31. The number of nitrogens with one attached hydrogen (secondary N) is 1. The van der Waals surface area contributed by atoms with Crippen LogP contribution in [0.3, 0.4) is 0 Å². The molecule has 0 fully saturated rings. The summed E-state index contributed by atoms with van der Waals surface area (Å²) in [6.45, 7) is 7.16. The number of hydrogen-bond acceptors (Lipinski definition) is 7. The van der Waals surface area contributed by atoms with Gasteiger partial charge in [-0.2, -0.15) is 0 Å². The van der Waals surface area contributed by atoms with Crippen molar-refractivity contribution in [1.82, 2.24) is 5.32 Å². The first-order valence-electron chi connectivity index (χ1n) is 15.0. The number of hydrogen-bond donors (Lipinski definition) is 2. The molecule has 7 nitrogen and oxygen atoms in total. The molecule has 8 heteroatoms. The van der Waals surface area contributed by atoms with Gasteiger partial charge in [0.05, 0.1) is 13.2 Å². The SMILES string of the molecule is CCCCCCCCCCCCCCc1ccc(OCC(COP(O)OCCCCNCC)OC=O)cc1. The molecule has 0 bridgehead atoms. The fourth-order valence-electron chi connectivity index (χ4n) is 4.17. The lowest BCUT2D eigenvalue weighted by molar-refractivity contribution is -0.136. The van der Waals surface area contributed by atoms with Gasteiger partial charge < -0.3 is 28.7 Å². The van der Waals surface area contributed by atoms with Crippen LogP contribution in [0, 0.1) is 0 Å². The van der Waals surface area contributed by atoms with Crippen molar-refractivity contribution >= 4 is 15.1 Å². The van der Waals surface area contributed by atoms with Crippen LogP contribution < -0.4 is 10.1 Å². The topological polar surface area (TPSA) is 86.2 Å². The lowest BCUT2D eigenvalue weighted by atomic mass is 10.0. The van der Waals surface area contributed by atoms with E-state index in [9.17, 15) is 9.69 Å². The Labute approximate surface area is 233 Å². The minimum Gasteiger partial charge on any atom is -0.490 e. The first-order chi connectivity index (χ1) is 18.7. The molecule has 1 aromatic carbocycles. The molecule has 0 aromatic heterocycles. The zero-order valence-corrected chi connectivity index (χ0v) is 24.9. The Kier molecular flexibility index (Phi) is 23.8. The van der Waals surface area contributed by atoms with E-state index in [1.807, 2.05) is 12.1 Å². The molecule has 0 amide bonds. The van der Waals surface area contributed by atoms with Gasteiger partial charge in [0, 0.05) is 0 Å². The Morgan fingerprint density at radius 1 is 0.816 bits per heavy atom. The Hall–Kier alpha value is -1.24. The Morgan fingerprint density at radius 2 is 1.45 bits per heavy atom. The molecule has 220 valence electrons. The summed E-state index contributed by atoms with van der Waals surface area (Å²) in [4.78, 5) is 20.7. The lowest BCUT2D eigenvalue weighted by Crippen LogP contribution is -2.26. The van der Waals surface area contributed by atoms with Crippen LogP contribution in [0.5, 0.6) is 5.75 Å². The van der Waals surface area contributed by atoms with Crippen LogP contribution in [-0.4, -0.2) is 50.4 Å². The van der Waals surface area contributed by atoms with Crippen LogP contribution >= 0.6 is 8.60 Å². The molecular formula is C30H54NO6P. The summed E-state index contributed by atoms with van der Waals surface area (Å²) < 4.78 is 21.4. The van der Waals surface area contributed by atoms with Gasteiger partial charge in [0.25, 0.3) is 6.47 Å². The van der Waals surface area contributed by atoms with Crippen molar-refractivity contribution in [1.29, 1.82) is 0 Å². The standard InChI is InChI=1S/C30H54NO6P/c1-3-5-6-7-8-9-10-11-12-13-14-15-18-28-19-21-29(22-20-28)34-25-30(35-27-32)26-37-38(33)36-24-17-16-23-31-4-2/h19-22,27,30-31,33H,3-18,23-26H2,1-2H3. The van der Waals surface area contributed by atoms with Crippen LogP contribution in [-0.2, 0) is 25.0 Å². The fourth-order valence-corrected chi connectivity index (χ4v) is 4.83. The molecule has 0 aliphatic rings. The quantitative estimate of drug-likeness (QED) is 0.0629. The molecular weight excluding hydrogens is 501 g/mol. The zero-order chi connectivity index (χ0) is 27.5. The summed E-state index contributed by atoms with van der Waals surface area (Å²) in [6, 6.07) is 8.09. The molecule has 0 spiro atoms. The van der Waals surface area contributed by atoms with Gasteiger partial charge in [-0.05, 0) is 56.5 Å². The highest BCUT2D eigenvalue weighted by molar-refractivity contribution is 7.40. The second-order valence-corrected chi connectivity index (χ2v) is 10.9. The van der Waals surface area contributed by atoms with E-state index in [4.69, 9.17) is 18.5 Å². The molecule has 0 radical (unpaired) electrons. The van der Waals surface area contributed by atoms with Crippen LogP contribution in [0.2, 0.25) is 0 Å². The van der Waals surface area contributed by atoms with Gasteiger partial charge in [-0.25, -0.2) is 0 Å². The average Bonchev–Trinajstić information content (AvgIpc) is 2.93. The second kappa shape index (κ2) is 26.0. The van der Waals surface area contributed by atoms with Crippen molar-refractivity contribution in [2.24, 2.45) is 0 Å². The van der Waals surface area contributed by atoms with E-state index in [1.165, 1.54) is 82.6 Å². The molecule has 1 rings (SSSR count). The van der Waals surface area contributed by atoms with Crippen molar-refractivity contribution in [2.45, 2.75) is 116 Å². The van der Waals surface area contributed by atoms with Crippen molar-refractivity contribution in [3.8, 4) is 5.75 Å². The number of carbonyl (C=O) groups is 1. The molecule has 0 aliphatic heterocycles. The minimum atomic E-state index is -2.01. The Balaban J connectivity index is 2.12. The van der Waals surface area contributed by atoms with Gasteiger partial charge in [0.1, 0.15) is 12.4 Å². The summed E-state index contributed by atoms with van der Waals surface area (Å²) in [5.74, 6) is 0.714. The summed E-state index contributed by atoms with van der Waals surface area (Å²) in [5, 5.41) is 3.24. The van der Waals surface area contributed by atoms with E-state index in [2.05, 4.69) is 31.3 Å². The smallest absolute Gasteiger partial charge is 0.329 e. The predicted molar refractivity (Wildman–Crippen MR) is 156 cm³/mol. The molecule has 1 aromatic rings. The Morgan fingerprint density at radius 3 is 2.05 bits per heavy atom. The fraction of sp³-hybridized carbons (Fsp3) is 0.767. The van der Waals surface area contributed by atoms with E-state index >= 15 is 0 Å². The van der Waals surface area contributed by atoms with E-state index in [-0.39, 0.29) is 13.2 Å². The van der Waals surface area contributed by atoms with Crippen molar-refractivity contribution in [3.63, 3.8) is 0 Å². The minimum absolute atomic E-state index is 0.00930. The normalized spacial score (nSPS) is 12.8. The van der Waals surface area contributed by atoms with Gasteiger partial charge in [-0.3, -0.25) is 4.79 Å². The number of aryl methyl sites for hydroxylation is 1. The highest BCUT2D eigenvalue weighted by Crippen LogP contribution is 2.33. The van der Waals surface area contributed by atoms with Gasteiger partial charge in [-0.1, -0.05) is 96.6 Å². The second-order valence-electron chi connectivity index (χ2n) is 9.88. The van der Waals surface area contributed by atoms with E-state index in [0.29, 0.717) is 18.8 Å². The van der Waals surface area contributed by atoms with Crippen molar-refractivity contribution < 1.29 is 28.2 Å². The van der Waals surface area contributed by atoms with Gasteiger partial charge in [-0.15, -0.1) is 0 Å². The first-order valence-corrected chi connectivity index (χ1v) is 16.1. The predicted octanol–water partition coefficient (Wildman–Crippen LogP) is 7.49. The molecule has 0 heterocycles. The number of carbonyl (C=O) groups excluding carboxylic acids is 1. The maximum Gasteiger partial charge on any atom is 0.329 e. The lowest BCUT2D eigenvalue weighted by Gasteiger charge is -2.18. The van der Waals surface area contributed by atoms with Crippen molar-refractivity contribution in [3.05, 3.63) is 29.8 Å². The highest BCUT2D eigenvalue weighted by Gasteiger charge is 2.16. The van der Waals surface area contributed by atoms with Crippen molar-refractivity contribution in [2.75, 3.05) is 32.9 Å². The van der Waals surface area contributed by atoms with E-state index in [1.54, 1.807) is 0 Å². The maximum absolute atomic E-state index is 10.8. The van der Waals surface area contributed by atoms with E-state index < -0.39 is 14.7 Å². The summed E-state index contributed by atoms with van der Waals surface area (Å²) in [6.07, 6.45) is 18.6. The largest absolute Gasteiger partial charge is 0.490 e. The third-order valence-corrected chi connectivity index (χ3v) is 7.27. The molecule has 2 unspecified atom stereocenters. The third kappa shape index (κ3) is 20.7. The number of unbranched alkanes of at least 4 members (excludes halogenated alkanes) is 12. The number of benzene rings is 1. The molecule has 0 saturated carbocycles. The van der Waals surface area contributed by atoms with Gasteiger partial charge in [0.15, 0.2) is 6.10 Å². The molecule has 0 aliphatic carbocycles. The zero-order valence-electron chi connectivity index (χ0n) is 24.0. The first kappa shape index (κ1) is 34.8. The van der Waals surface area contributed by atoms with Crippen LogP contribution in [0.4, 0.5) is 0 Å². The van der Waals surface area contributed by atoms with Gasteiger partial charge >= 0.3 is 8.60 Å². The summed E-state index contributed by atoms with van der Waals surface area (Å²) >= 11 is 0. The molecule has 2 atom stereocenters. The number of ether oxygens (including phenoxy) is 2. The summed E-state index contributed by atoms with van der Waals surface area (Å²) in [7, 11) is -2.01. The van der Waals surface area contributed by atoms with Crippen LogP contribution in [0.15, 0.2) is 24.3 Å².